The van der Waals surface area contributed by atoms with E-state index < -0.39 is 17.2 Å². The van der Waals surface area contributed by atoms with Crippen LogP contribution in [0.5, 0.6) is 0 Å². The minimum atomic E-state index is -1.17. The van der Waals surface area contributed by atoms with Crippen LogP contribution in [0.3, 0.4) is 0 Å². The van der Waals surface area contributed by atoms with Gasteiger partial charge in [0.2, 0.25) is 5.95 Å². The number of hydrogen-bond acceptors (Lipinski definition) is 8. The van der Waals surface area contributed by atoms with Gasteiger partial charge in [-0.1, -0.05) is 24.3 Å². The van der Waals surface area contributed by atoms with Crippen molar-refractivity contribution in [2.24, 2.45) is 0 Å². The molecule has 6 rings (SSSR count). The van der Waals surface area contributed by atoms with Gasteiger partial charge in [-0.05, 0) is 63.8 Å². The molecule has 0 bridgehead atoms. The molecule has 1 atom stereocenters. The first-order valence-corrected chi connectivity index (χ1v) is 13.9. The van der Waals surface area contributed by atoms with Gasteiger partial charge in [0.1, 0.15) is 16.7 Å². The smallest absolute Gasteiger partial charge is 0.408 e. The Morgan fingerprint density at radius 2 is 1.85 bits per heavy atom. The van der Waals surface area contributed by atoms with Crippen LogP contribution in [0.25, 0.3) is 5.52 Å². The highest BCUT2D eigenvalue weighted by Gasteiger charge is 2.49. The number of fused-ring (bicyclic) bond motifs is 2. The molecule has 0 spiro atoms. The van der Waals surface area contributed by atoms with Crippen LogP contribution in [0.2, 0.25) is 0 Å². The summed E-state index contributed by atoms with van der Waals surface area (Å²) in [5.74, 6) is 1.76. The molecular formula is C29H35N9O3. The highest BCUT2D eigenvalue weighted by Crippen LogP contribution is 2.39. The monoisotopic (exact) mass is 557 g/mol. The van der Waals surface area contributed by atoms with E-state index in [1.54, 1.807) is 4.52 Å². The van der Waals surface area contributed by atoms with Crippen LogP contribution in [-0.4, -0.2) is 73.5 Å². The van der Waals surface area contributed by atoms with Gasteiger partial charge in [0.15, 0.2) is 11.6 Å². The lowest BCUT2D eigenvalue weighted by Crippen LogP contribution is -2.60. The maximum atomic E-state index is 14.2. The molecule has 0 saturated carbocycles. The van der Waals surface area contributed by atoms with Crippen molar-refractivity contribution in [1.82, 2.24) is 35.0 Å². The van der Waals surface area contributed by atoms with Gasteiger partial charge in [-0.25, -0.2) is 9.31 Å². The number of amides is 2. The second-order valence-corrected chi connectivity index (χ2v) is 11.6. The van der Waals surface area contributed by atoms with E-state index in [9.17, 15) is 9.59 Å². The molecule has 1 aliphatic heterocycles. The third-order valence-corrected chi connectivity index (χ3v) is 7.51. The summed E-state index contributed by atoms with van der Waals surface area (Å²) < 4.78 is 7.36. The van der Waals surface area contributed by atoms with Gasteiger partial charge < -0.3 is 25.2 Å². The Morgan fingerprint density at radius 3 is 2.59 bits per heavy atom. The fourth-order valence-corrected chi connectivity index (χ4v) is 5.63. The van der Waals surface area contributed by atoms with Crippen molar-refractivity contribution in [2.45, 2.75) is 51.7 Å². The summed E-state index contributed by atoms with van der Waals surface area (Å²) in [6, 6.07) is 13.6. The van der Waals surface area contributed by atoms with Crippen LogP contribution in [0.4, 0.5) is 22.4 Å². The molecule has 214 valence electrons. The van der Waals surface area contributed by atoms with Crippen molar-refractivity contribution in [1.29, 1.82) is 0 Å². The second-order valence-electron chi connectivity index (χ2n) is 11.6. The molecule has 2 amide bonds. The van der Waals surface area contributed by atoms with E-state index in [1.165, 1.54) is 0 Å². The van der Waals surface area contributed by atoms with Crippen LogP contribution in [0.15, 0.2) is 48.7 Å². The summed E-state index contributed by atoms with van der Waals surface area (Å²) in [5, 5.41) is 18.2. The van der Waals surface area contributed by atoms with Crippen molar-refractivity contribution >= 4 is 35.1 Å². The predicted octanol–water partition coefficient (Wildman–Crippen LogP) is 3.52. The number of aromatic nitrogens is 5. The average Bonchev–Trinajstić information content (AvgIpc) is 3.67. The highest BCUT2D eigenvalue weighted by molar-refractivity contribution is 5.92. The molecule has 12 nitrogen and oxygen atoms in total. The number of ether oxygens (including phenoxy) is 1. The third-order valence-electron chi connectivity index (χ3n) is 7.51. The molecule has 1 unspecified atom stereocenters. The van der Waals surface area contributed by atoms with E-state index >= 15 is 0 Å². The number of hydrogen-bond donors (Lipinski definition) is 3. The fraction of sp³-hybridized carbons (Fsp3) is 0.414. The minimum Gasteiger partial charge on any atom is -0.444 e. The van der Waals surface area contributed by atoms with Crippen molar-refractivity contribution in [3.63, 3.8) is 0 Å². The lowest BCUT2D eigenvalue weighted by Gasteiger charge is -2.40. The topological polar surface area (TPSA) is 133 Å². The molecule has 4 heterocycles. The Bertz CT molecular complexity index is 1600. The van der Waals surface area contributed by atoms with E-state index in [2.05, 4.69) is 25.7 Å². The SMILES string of the molecule is Cc1cc(Nc2nc(N3CCN(C(=O)C4(NC(=O)OC(C)(C)C)CCc5ccccc54)CC3)nn3cccc23)n[nH]1. The predicted molar refractivity (Wildman–Crippen MR) is 154 cm³/mol. The number of aryl methyl sites for hydroxylation is 2. The van der Waals surface area contributed by atoms with Crippen molar-refractivity contribution in [2.75, 3.05) is 36.4 Å². The Balaban J connectivity index is 1.22. The van der Waals surface area contributed by atoms with Gasteiger partial charge in [-0.15, -0.1) is 5.10 Å². The number of alkyl carbamates (subject to hydrolysis) is 1. The van der Waals surface area contributed by atoms with E-state index in [0.717, 1.165) is 22.3 Å². The number of carbonyl (C=O) groups is 2. The number of piperazine rings is 1. The van der Waals surface area contributed by atoms with Gasteiger partial charge in [-0.2, -0.15) is 10.1 Å². The number of carbonyl (C=O) groups excluding carboxylic acids is 2. The average molecular weight is 558 g/mol. The quantitative estimate of drug-likeness (QED) is 0.340. The van der Waals surface area contributed by atoms with Crippen molar-refractivity contribution < 1.29 is 14.3 Å². The molecule has 2 aliphatic rings. The number of anilines is 3. The van der Waals surface area contributed by atoms with E-state index in [4.69, 9.17) is 14.8 Å². The lowest BCUT2D eigenvalue weighted by atomic mass is 9.89. The zero-order valence-corrected chi connectivity index (χ0v) is 23.8. The molecule has 3 aromatic heterocycles. The first kappa shape index (κ1) is 26.6. The molecule has 1 fully saturated rings. The maximum absolute atomic E-state index is 14.2. The molecule has 0 radical (unpaired) electrons. The van der Waals surface area contributed by atoms with Crippen LogP contribution < -0.4 is 15.5 Å². The Hall–Kier alpha value is -4.61. The summed E-state index contributed by atoms with van der Waals surface area (Å²) in [6.45, 7) is 9.40. The van der Waals surface area contributed by atoms with Crippen molar-refractivity contribution in [3.05, 3.63) is 65.5 Å². The third kappa shape index (κ3) is 5.17. The summed E-state index contributed by atoms with van der Waals surface area (Å²) in [7, 11) is 0. The normalized spacial score (nSPS) is 18.8. The Morgan fingerprint density at radius 1 is 1.07 bits per heavy atom. The molecule has 1 saturated heterocycles. The van der Waals surface area contributed by atoms with Crippen LogP contribution >= 0.6 is 0 Å². The molecule has 41 heavy (non-hydrogen) atoms. The minimum absolute atomic E-state index is 0.119. The molecule has 12 heteroatoms. The molecular weight excluding hydrogens is 522 g/mol. The van der Waals surface area contributed by atoms with E-state index in [1.807, 2.05) is 81.3 Å². The fourth-order valence-electron chi connectivity index (χ4n) is 5.63. The zero-order chi connectivity index (χ0) is 28.8. The molecule has 4 aromatic rings. The van der Waals surface area contributed by atoms with Crippen LogP contribution in [0, 0.1) is 6.92 Å². The largest absolute Gasteiger partial charge is 0.444 e. The number of benzene rings is 1. The summed E-state index contributed by atoms with van der Waals surface area (Å²) in [5.41, 5.74) is 1.83. The first-order chi connectivity index (χ1) is 19.6. The van der Waals surface area contributed by atoms with E-state index in [0.29, 0.717) is 56.6 Å². The van der Waals surface area contributed by atoms with Crippen LogP contribution in [0.1, 0.15) is 44.0 Å². The molecule has 1 aromatic carbocycles. The maximum Gasteiger partial charge on any atom is 0.408 e. The number of rotatable bonds is 5. The van der Waals surface area contributed by atoms with E-state index in [-0.39, 0.29) is 5.91 Å². The van der Waals surface area contributed by atoms with Gasteiger partial charge in [-0.3, -0.25) is 9.89 Å². The highest BCUT2D eigenvalue weighted by atomic mass is 16.6. The number of nitrogens with zero attached hydrogens (tertiary/aromatic N) is 6. The summed E-state index contributed by atoms with van der Waals surface area (Å²) in [6.07, 6.45) is 2.47. The van der Waals surface area contributed by atoms with Crippen molar-refractivity contribution in [3.8, 4) is 0 Å². The summed E-state index contributed by atoms with van der Waals surface area (Å²) in [4.78, 5) is 35.9. The van der Waals surface area contributed by atoms with Gasteiger partial charge >= 0.3 is 6.09 Å². The van der Waals surface area contributed by atoms with Gasteiger partial charge in [0, 0.05) is 44.1 Å². The molecule has 3 N–H and O–H groups in total. The van der Waals surface area contributed by atoms with Gasteiger partial charge in [0.25, 0.3) is 5.91 Å². The number of aromatic amines is 1. The van der Waals surface area contributed by atoms with Crippen LogP contribution in [-0.2, 0) is 21.5 Å². The summed E-state index contributed by atoms with van der Waals surface area (Å²) >= 11 is 0. The molecule has 1 aliphatic carbocycles. The number of H-pyrrole nitrogens is 1. The standard InChI is InChI=1S/C29H35N9O3/c1-19-18-23(34-33-19)30-24-22-10-7-13-38(22)35-26(31-24)37-16-14-36(15-17-37)25(39)29(32-27(40)41-28(2,3)4)12-11-20-8-5-6-9-21(20)29/h5-10,13,18H,11-12,14-17H2,1-4H3,(H,32,40)(H2,30,31,33,34,35). The zero-order valence-electron chi connectivity index (χ0n) is 23.8. The lowest BCUT2D eigenvalue weighted by molar-refractivity contribution is -0.139. The van der Waals surface area contributed by atoms with Gasteiger partial charge in [0.05, 0.1) is 0 Å². The number of nitrogens with one attached hydrogen (secondary N) is 3. The second kappa shape index (κ2) is 10.1. The Labute approximate surface area is 238 Å². The first-order valence-electron chi connectivity index (χ1n) is 13.9. The Kier molecular flexibility index (Phi) is 6.55.